The van der Waals surface area contributed by atoms with Gasteiger partial charge in [-0.15, -0.1) is 13.2 Å². The molecule has 0 fully saturated rings. The summed E-state index contributed by atoms with van der Waals surface area (Å²) in [5.74, 6) is -4.63. The minimum Gasteiger partial charge on any atom is -0.431 e. The number of hydrogen-bond donors (Lipinski definition) is 0. The minimum absolute atomic E-state index is 0.110. The zero-order chi connectivity index (χ0) is 22.8. The summed E-state index contributed by atoms with van der Waals surface area (Å²) in [6, 6.07) is 3.20. The third kappa shape index (κ3) is 5.39. The second-order valence-electron chi connectivity index (χ2n) is 7.00. The molecular formula is C22H18F6O3. The van der Waals surface area contributed by atoms with Gasteiger partial charge in [-0.3, -0.25) is 4.79 Å². The maximum Gasteiger partial charge on any atom is 0.573 e. The lowest BCUT2D eigenvalue weighted by molar-refractivity contribution is -0.275. The quantitative estimate of drug-likeness (QED) is 0.368. The molecule has 0 atom stereocenters. The van der Waals surface area contributed by atoms with E-state index in [-0.39, 0.29) is 36.0 Å². The van der Waals surface area contributed by atoms with Crippen LogP contribution in [0.25, 0.3) is 17.2 Å². The molecule has 0 N–H and O–H groups in total. The number of hydrogen-bond acceptors (Lipinski definition) is 3. The van der Waals surface area contributed by atoms with Gasteiger partial charge >= 0.3 is 12.3 Å². The molecule has 0 heterocycles. The summed E-state index contributed by atoms with van der Waals surface area (Å²) in [7, 11) is 0. The summed E-state index contributed by atoms with van der Waals surface area (Å²) in [5.41, 5.74) is -0.514. The van der Waals surface area contributed by atoms with Crippen molar-refractivity contribution in [1.29, 1.82) is 0 Å². The number of carbonyl (C=O) groups is 1. The molecule has 1 aliphatic rings. The molecule has 31 heavy (non-hydrogen) atoms. The van der Waals surface area contributed by atoms with Crippen molar-refractivity contribution in [2.75, 3.05) is 0 Å². The first-order valence-corrected chi connectivity index (χ1v) is 9.57. The number of unbranched alkanes of at least 4 members (excludes halogenated alkanes) is 1. The van der Waals surface area contributed by atoms with Crippen LogP contribution in [0.15, 0.2) is 30.0 Å². The fraction of sp³-hybridized carbons (Fsp3) is 0.318. The molecule has 166 valence electrons. The Hall–Kier alpha value is -2.97. The van der Waals surface area contributed by atoms with Crippen molar-refractivity contribution in [3.05, 3.63) is 58.6 Å². The fourth-order valence-electron chi connectivity index (χ4n) is 3.28. The van der Waals surface area contributed by atoms with E-state index < -0.39 is 41.1 Å². The normalized spacial score (nSPS) is 13.5. The molecule has 3 rings (SSSR count). The number of esters is 1. The number of carbonyl (C=O) groups excluding carboxylic acids is 1. The predicted octanol–water partition coefficient (Wildman–Crippen LogP) is 6.69. The van der Waals surface area contributed by atoms with Crippen LogP contribution in [0.2, 0.25) is 0 Å². The van der Waals surface area contributed by atoms with Crippen LogP contribution in [0.1, 0.15) is 43.7 Å². The summed E-state index contributed by atoms with van der Waals surface area (Å²) < 4.78 is 89.4. The van der Waals surface area contributed by atoms with Crippen LogP contribution in [0.3, 0.4) is 0 Å². The van der Waals surface area contributed by atoms with Gasteiger partial charge in [0.05, 0.1) is 5.56 Å². The summed E-state index contributed by atoms with van der Waals surface area (Å²) >= 11 is 0. The number of rotatable bonds is 6. The molecule has 0 spiro atoms. The van der Waals surface area contributed by atoms with E-state index in [1.807, 2.05) is 6.92 Å². The first kappa shape index (κ1) is 22.7. The van der Waals surface area contributed by atoms with Crippen molar-refractivity contribution in [3.63, 3.8) is 0 Å². The SMILES string of the molecule is CCCCC(=O)OC1=Cc2cc(F)c(-c3ccc(OC(F)(F)F)c(F)c3)c(F)c2CC1. The predicted molar refractivity (Wildman–Crippen MR) is 100 cm³/mol. The van der Waals surface area contributed by atoms with Gasteiger partial charge in [0, 0.05) is 12.8 Å². The highest BCUT2D eigenvalue weighted by molar-refractivity contribution is 5.74. The Morgan fingerprint density at radius 2 is 1.81 bits per heavy atom. The highest BCUT2D eigenvalue weighted by atomic mass is 19.4. The van der Waals surface area contributed by atoms with Crippen LogP contribution >= 0.6 is 0 Å². The number of alkyl halides is 3. The van der Waals surface area contributed by atoms with Gasteiger partial charge in [-0.1, -0.05) is 19.4 Å². The molecule has 0 bridgehead atoms. The number of benzene rings is 2. The van der Waals surface area contributed by atoms with Crippen molar-refractivity contribution in [2.45, 2.75) is 45.4 Å². The van der Waals surface area contributed by atoms with Crippen LogP contribution in [0, 0.1) is 17.5 Å². The second kappa shape index (κ2) is 9.03. The highest BCUT2D eigenvalue weighted by Crippen LogP contribution is 2.37. The third-order valence-corrected chi connectivity index (χ3v) is 4.72. The Labute approximate surface area is 174 Å². The number of fused-ring (bicyclic) bond motifs is 1. The largest absolute Gasteiger partial charge is 0.573 e. The Morgan fingerprint density at radius 1 is 1.06 bits per heavy atom. The van der Waals surface area contributed by atoms with Gasteiger partial charge in [-0.2, -0.15) is 0 Å². The number of allylic oxidation sites excluding steroid dienone is 1. The Bertz CT molecular complexity index is 1030. The van der Waals surface area contributed by atoms with Crippen LogP contribution in [0.5, 0.6) is 5.75 Å². The van der Waals surface area contributed by atoms with E-state index in [0.29, 0.717) is 24.3 Å². The minimum atomic E-state index is -5.10. The molecule has 3 nitrogen and oxygen atoms in total. The molecule has 0 radical (unpaired) electrons. The molecule has 1 aliphatic carbocycles. The van der Waals surface area contributed by atoms with E-state index in [0.717, 1.165) is 18.6 Å². The zero-order valence-corrected chi connectivity index (χ0v) is 16.4. The van der Waals surface area contributed by atoms with E-state index in [1.165, 1.54) is 6.08 Å². The van der Waals surface area contributed by atoms with Gasteiger partial charge in [0.25, 0.3) is 0 Å². The average molecular weight is 444 g/mol. The molecule has 0 amide bonds. The number of halogens is 6. The van der Waals surface area contributed by atoms with Crippen LogP contribution < -0.4 is 4.74 Å². The molecule has 0 saturated carbocycles. The smallest absolute Gasteiger partial charge is 0.431 e. The molecule has 0 aliphatic heterocycles. The van der Waals surface area contributed by atoms with E-state index in [2.05, 4.69) is 4.74 Å². The van der Waals surface area contributed by atoms with Crippen LogP contribution in [0.4, 0.5) is 26.3 Å². The molecule has 2 aromatic rings. The maximum absolute atomic E-state index is 15.0. The summed E-state index contributed by atoms with van der Waals surface area (Å²) in [6.07, 6.45) is -1.69. The molecule has 2 aromatic carbocycles. The maximum atomic E-state index is 15.0. The molecule has 0 aromatic heterocycles. The standard InChI is InChI=1S/C22H18F6O3/c1-2-3-4-19(29)30-14-6-7-15-13(9-14)11-17(24)20(21(15)25)12-5-8-18(16(23)10-12)31-22(26,27)28/h5,8-11H,2-4,6-7H2,1H3. The third-order valence-electron chi connectivity index (χ3n) is 4.72. The topological polar surface area (TPSA) is 35.5 Å². The van der Waals surface area contributed by atoms with E-state index in [9.17, 15) is 26.7 Å². The van der Waals surface area contributed by atoms with Crippen molar-refractivity contribution in [1.82, 2.24) is 0 Å². The Morgan fingerprint density at radius 3 is 2.45 bits per heavy atom. The first-order valence-electron chi connectivity index (χ1n) is 9.57. The van der Waals surface area contributed by atoms with Gasteiger partial charge in [-0.05, 0) is 53.8 Å². The molecule has 0 saturated heterocycles. The van der Waals surface area contributed by atoms with Gasteiger partial charge in [0.2, 0.25) is 0 Å². The van der Waals surface area contributed by atoms with Gasteiger partial charge in [0.15, 0.2) is 11.6 Å². The summed E-state index contributed by atoms with van der Waals surface area (Å²) in [5, 5.41) is 0. The monoisotopic (exact) mass is 444 g/mol. The van der Waals surface area contributed by atoms with Crippen molar-refractivity contribution < 1.29 is 40.6 Å². The number of ether oxygens (including phenoxy) is 2. The van der Waals surface area contributed by atoms with Gasteiger partial charge < -0.3 is 9.47 Å². The van der Waals surface area contributed by atoms with Crippen molar-refractivity contribution in [2.24, 2.45) is 0 Å². The Kier molecular flexibility index (Phi) is 6.62. The van der Waals surface area contributed by atoms with Crippen molar-refractivity contribution in [3.8, 4) is 16.9 Å². The lowest BCUT2D eigenvalue weighted by Crippen LogP contribution is -2.18. The molecule has 0 unspecified atom stereocenters. The summed E-state index contributed by atoms with van der Waals surface area (Å²) in [4.78, 5) is 11.8. The highest BCUT2D eigenvalue weighted by Gasteiger charge is 2.32. The van der Waals surface area contributed by atoms with Crippen molar-refractivity contribution >= 4 is 12.0 Å². The van der Waals surface area contributed by atoms with E-state index in [4.69, 9.17) is 4.74 Å². The second-order valence-corrected chi connectivity index (χ2v) is 7.00. The molecule has 9 heteroatoms. The van der Waals surface area contributed by atoms with E-state index >= 15 is 4.39 Å². The Balaban J connectivity index is 1.91. The van der Waals surface area contributed by atoms with E-state index in [1.54, 1.807) is 0 Å². The lowest BCUT2D eigenvalue weighted by atomic mass is 9.91. The van der Waals surface area contributed by atoms with Gasteiger partial charge in [0.1, 0.15) is 17.4 Å². The van der Waals surface area contributed by atoms with Gasteiger partial charge in [-0.25, -0.2) is 13.2 Å². The van der Waals surface area contributed by atoms with Crippen LogP contribution in [-0.2, 0) is 16.0 Å². The first-order chi connectivity index (χ1) is 14.6. The summed E-state index contributed by atoms with van der Waals surface area (Å²) in [6.45, 7) is 1.93. The fourth-order valence-corrected chi connectivity index (χ4v) is 3.28. The van der Waals surface area contributed by atoms with Crippen LogP contribution in [-0.4, -0.2) is 12.3 Å². The molecular weight excluding hydrogens is 426 g/mol. The lowest BCUT2D eigenvalue weighted by Gasteiger charge is -2.19. The zero-order valence-electron chi connectivity index (χ0n) is 16.4. The average Bonchev–Trinajstić information content (AvgIpc) is 2.67.